The summed E-state index contributed by atoms with van der Waals surface area (Å²) >= 11 is 0. The third-order valence-corrected chi connectivity index (χ3v) is 3.51. The number of aliphatic carboxylic acids is 1. The lowest BCUT2D eigenvalue weighted by atomic mass is 10.1. The second kappa shape index (κ2) is 5.98. The summed E-state index contributed by atoms with van der Waals surface area (Å²) in [5.74, 6) is -0.797. The monoisotopic (exact) mass is 249 g/mol. The summed E-state index contributed by atoms with van der Waals surface area (Å²) in [5.41, 5.74) is 1.20. The van der Waals surface area contributed by atoms with Gasteiger partial charge in [-0.05, 0) is 18.4 Å². The van der Waals surface area contributed by atoms with Crippen LogP contribution >= 0.6 is 0 Å². The Bertz CT molecular complexity index is 393. The van der Waals surface area contributed by atoms with E-state index in [1.54, 1.807) is 0 Å². The maximum Gasteiger partial charge on any atom is 0.303 e. The zero-order chi connectivity index (χ0) is 13.0. The van der Waals surface area contributed by atoms with Crippen molar-refractivity contribution >= 4 is 5.97 Å². The summed E-state index contributed by atoms with van der Waals surface area (Å²) in [6.07, 6.45) is 0.973. The van der Waals surface area contributed by atoms with Crippen molar-refractivity contribution in [2.45, 2.75) is 38.0 Å². The van der Waals surface area contributed by atoms with Gasteiger partial charge in [-0.15, -0.1) is 0 Å². The molecule has 2 rings (SSSR count). The van der Waals surface area contributed by atoms with Gasteiger partial charge in [-0.1, -0.05) is 30.3 Å². The Morgan fingerprint density at radius 3 is 2.72 bits per heavy atom. The largest absolute Gasteiger partial charge is 0.481 e. The molecule has 1 aliphatic heterocycles. The number of carboxylic acids is 1. The van der Waals surface area contributed by atoms with Crippen LogP contribution in [0, 0.1) is 0 Å². The molecule has 2 N–H and O–H groups in total. The van der Waals surface area contributed by atoms with E-state index in [-0.39, 0.29) is 12.5 Å². The standard InChI is InChI=1S/C14H19NO3/c16-13-8-9-15(12(13)6-7-14(17)18)10-11-4-2-1-3-5-11/h1-5,12-13,16H,6-10H2,(H,17,18). The zero-order valence-corrected chi connectivity index (χ0v) is 10.3. The highest BCUT2D eigenvalue weighted by molar-refractivity contribution is 5.66. The van der Waals surface area contributed by atoms with E-state index in [9.17, 15) is 9.90 Å². The van der Waals surface area contributed by atoms with Crippen molar-refractivity contribution in [2.24, 2.45) is 0 Å². The van der Waals surface area contributed by atoms with Crippen LogP contribution < -0.4 is 0 Å². The minimum absolute atomic E-state index is 0.0266. The van der Waals surface area contributed by atoms with Crippen molar-refractivity contribution in [1.29, 1.82) is 0 Å². The van der Waals surface area contributed by atoms with Crippen LogP contribution in [0.4, 0.5) is 0 Å². The maximum absolute atomic E-state index is 10.6. The highest BCUT2D eigenvalue weighted by atomic mass is 16.4. The topological polar surface area (TPSA) is 60.8 Å². The number of carboxylic acid groups (broad SMARTS) is 1. The molecule has 1 aromatic rings. The summed E-state index contributed by atoms with van der Waals surface area (Å²) in [7, 11) is 0. The summed E-state index contributed by atoms with van der Waals surface area (Å²) in [5, 5.41) is 18.7. The Morgan fingerprint density at radius 2 is 2.06 bits per heavy atom. The van der Waals surface area contributed by atoms with Crippen molar-refractivity contribution in [3.05, 3.63) is 35.9 Å². The van der Waals surface area contributed by atoms with E-state index < -0.39 is 12.1 Å². The second-order valence-electron chi connectivity index (χ2n) is 4.81. The molecule has 0 aromatic heterocycles. The van der Waals surface area contributed by atoms with E-state index >= 15 is 0 Å². The molecule has 4 heteroatoms. The first-order valence-electron chi connectivity index (χ1n) is 6.34. The summed E-state index contributed by atoms with van der Waals surface area (Å²) in [6, 6.07) is 10.0. The molecule has 0 spiro atoms. The number of aliphatic hydroxyl groups is 1. The average molecular weight is 249 g/mol. The van der Waals surface area contributed by atoms with E-state index in [0.717, 1.165) is 19.5 Å². The van der Waals surface area contributed by atoms with Crippen molar-refractivity contribution in [2.75, 3.05) is 6.54 Å². The molecule has 1 saturated heterocycles. The quantitative estimate of drug-likeness (QED) is 0.830. The molecular formula is C14H19NO3. The first-order valence-corrected chi connectivity index (χ1v) is 6.34. The van der Waals surface area contributed by atoms with Gasteiger partial charge in [0.05, 0.1) is 6.10 Å². The van der Waals surface area contributed by atoms with Gasteiger partial charge in [-0.25, -0.2) is 0 Å². The number of hydrogen-bond acceptors (Lipinski definition) is 3. The number of rotatable bonds is 5. The Morgan fingerprint density at radius 1 is 1.33 bits per heavy atom. The molecule has 2 unspecified atom stereocenters. The Hall–Kier alpha value is -1.39. The van der Waals surface area contributed by atoms with Gasteiger partial charge in [-0.2, -0.15) is 0 Å². The van der Waals surface area contributed by atoms with Crippen LogP contribution in [-0.4, -0.2) is 39.8 Å². The van der Waals surface area contributed by atoms with Crippen molar-refractivity contribution < 1.29 is 15.0 Å². The molecular weight excluding hydrogens is 230 g/mol. The van der Waals surface area contributed by atoms with Crippen LogP contribution in [0.2, 0.25) is 0 Å². The van der Waals surface area contributed by atoms with Crippen molar-refractivity contribution in [3.8, 4) is 0 Å². The molecule has 4 nitrogen and oxygen atoms in total. The molecule has 1 aromatic carbocycles. The van der Waals surface area contributed by atoms with E-state index in [0.29, 0.717) is 6.42 Å². The molecule has 0 bridgehead atoms. The van der Waals surface area contributed by atoms with Gasteiger partial charge in [0.25, 0.3) is 0 Å². The molecule has 0 saturated carbocycles. The SMILES string of the molecule is O=C(O)CCC1C(O)CCN1Cc1ccccc1. The molecule has 18 heavy (non-hydrogen) atoms. The Kier molecular flexibility index (Phi) is 4.33. The number of nitrogens with zero attached hydrogens (tertiary/aromatic N) is 1. The third-order valence-electron chi connectivity index (χ3n) is 3.51. The molecule has 98 valence electrons. The van der Waals surface area contributed by atoms with Crippen LogP contribution in [0.1, 0.15) is 24.8 Å². The third kappa shape index (κ3) is 3.31. The van der Waals surface area contributed by atoms with Crippen LogP contribution in [-0.2, 0) is 11.3 Å². The fourth-order valence-electron chi connectivity index (χ4n) is 2.56. The van der Waals surface area contributed by atoms with Gasteiger partial charge in [0.1, 0.15) is 0 Å². The number of likely N-dealkylation sites (tertiary alicyclic amines) is 1. The molecule has 0 amide bonds. The van der Waals surface area contributed by atoms with E-state index in [4.69, 9.17) is 5.11 Å². The van der Waals surface area contributed by atoms with Gasteiger partial charge in [0, 0.05) is 25.6 Å². The normalized spacial score (nSPS) is 24.3. The fraction of sp³-hybridized carbons (Fsp3) is 0.500. The first-order chi connectivity index (χ1) is 8.66. The highest BCUT2D eigenvalue weighted by Gasteiger charge is 2.32. The summed E-state index contributed by atoms with van der Waals surface area (Å²) < 4.78 is 0. The predicted molar refractivity (Wildman–Crippen MR) is 68.1 cm³/mol. The van der Waals surface area contributed by atoms with E-state index in [1.165, 1.54) is 5.56 Å². The summed E-state index contributed by atoms with van der Waals surface area (Å²) in [6.45, 7) is 1.61. The smallest absolute Gasteiger partial charge is 0.303 e. The van der Waals surface area contributed by atoms with E-state index in [1.807, 2.05) is 18.2 Å². The first kappa shape index (κ1) is 13.1. The minimum Gasteiger partial charge on any atom is -0.481 e. The molecule has 1 fully saturated rings. The van der Waals surface area contributed by atoms with Gasteiger partial charge >= 0.3 is 5.97 Å². The van der Waals surface area contributed by atoms with Gasteiger partial charge < -0.3 is 10.2 Å². The molecule has 0 aliphatic carbocycles. The second-order valence-corrected chi connectivity index (χ2v) is 4.81. The molecule has 0 radical (unpaired) electrons. The number of carbonyl (C=O) groups is 1. The van der Waals surface area contributed by atoms with Gasteiger partial charge in [-0.3, -0.25) is 9.69 Å². The fourth-order valence-corrected chi connectivity index (χ4v) is 2.56. The lowest BCUT2D eigenvalue weighted by Gasteiger charge is -2.25. The van der Waals surface area contributed by atoms with Crippen LogP contribution in [0.25, 0.3) is 0 Å². The number of hydrogen-bond donors (Lipinski definition) is 2. The van der Waals surface area contributed by atoms with Gasteiger partial charge in [0.2, 0.25) is 0 Å². The van der Waals surface area contributed by atoms with Crippen molar-refractivity contribution in [1.82, 2.24) is 4.90 Å². The number of aliphatic hydroxyl groups excluding tert-OH is 1. The highest BCUT2D eigenvalue weighted by Crippen LogP contribution is 2.24. The van der Waals surface area contributed by atoms with Gasteiger partial charge in [0.15, 0.2) is 0 Å². The zero-order valence-electron chi connectivity index (χ0n) is 10.3. The maximum atomic E-state index is 10.6. The minimum atomic E-state index is -0.797. The molecule has 1 heterocycles. The molecule has 1 aliphatic rings. The van der Waals surface area contributed by atoms with Crippen LogP contribution in [0.3, 0.4) is 0 Å². The van der Waals surface area contributed by atoms with E-state index in [2.05, 4.69) is 17.0 Å². The van der Waals surface area contributed by atoms with Crippen LogP contribution in [0.5, 0.6) is 0 Å². The Balaban J connectivity index is 1.96. The summed E-state index contributed by atoms with van der Waals surface area (Å²) in [4.78, 5) is 12.8. The lowest BCUT2D eigenvalue weighted by molar-refractivity contribution is -0.137. The predicted octanol–water partition coefficient (Wildman–Crippen LogP) is 1.49. The molecule has 2 atom stereocenters. The van der Waals surface area contributed by atoms with Crippen molar-refractivity contribution in [3.63, 3.8) is 0 Å². The Labute approximate surface area is 107 Å². The lowest BCUT2D eigenvalue weighted by Crippen LogP contribution is -2.35. The van der Waals surface area contributed by atoms with Crippen LogP contribution in [0.15, 0.2) is 30.3 Å². The average Bonchev–Trinajstić information content (AvgIpc) is 2.69. The number of benzene rings is 1.